The third kappa shape index (κ3) is 2.84. The Kier molecular flexibility index (Phi) is 3.97. The fourth-order valence-corrected chi connectivity index (χ4v) is 2.99. The van der Waals surface area contributed by atoms with E-state index in [1.54, 1.807) is 18.2 Å². The summed E-state index contributed by atoms with van der Waals surface area (Å²) in [6.45, 7) is 4.13. The van der Waals surface area contributed by atoms with Crippen molar-refractivity contribution in [2.75, 3.05) is 0 Å². The number of hydrogen-bond donors (Lipinski definition) is 1. The monoisotopic (exact) mass is 342 g/mol. The molecule has 0 bridgehead atoms. The molecule has 0 amide bonds. The highest BCUT2D eigenvalue weighted by Gasteiger charge is 2.15. The zero-order chi connectivity index (χ0) is 18.1. The van der Waals surface area contributed by atoms with Crippen LogP contribution in [0.2, 0.25) is 0 Å². The van der Waals surface area contributed by atoms with Gasteiger partial charge in [-0.2, -0.15) is 0 Å². The number of aromatic hydroxyl groups is 1. The van der Waals surface area contributed by atoms with Crippen LogP contribution in [0.4, 0.5) is 11.5 Å². The molecule has 0 aliphatic rings. The lowest BCUT2D eigenvalue weighted by Crippen LogP contribution is -1.86. The molecular weight excluding hydrogens is 324 g/mol. The molecule has 2 aromatic heterocycles. The predicted molar refractivity (Wildman–Crippen MR) is 102 cm³/mol. The van der Waals surface area contributed by atoms with Gasteiger partial charge in [0, 0.05) is 11.8 Å². The number of benzene rings is 2. The van der Waals surface area contributed by atoms with Crippen molar-refractivity contribution in [2.45, 2.75) is 13.8 Å². The summed E-state index contributed by atoms with van der Waals surface area (Å²) in [7, 11) is 0. The van der Waals surface area contributed by atoms with Crippen LogP contribution in [-0.2, 0) is 0 Å². The van der Waals surface area contributed by atoms with Crippen molar-refractivity contribution in [1.29, 1.82) is 0 Å². The van der Waals surface area contributed by atoms with Crippen LogP contribution in [0.1, 0.15) is 11.1 Å². The van der Waals surface area contributed by atoms with E-state index in [1.165, 1.54) is 5.56 Å². The first-order chi connectivity index (χ1) is 12.6. The van der Waals surface area contributed by atoms with Crippen molar-refractivity contribution in [2.24, 2.45) is 10.2 Å². The van der Waals surface area contributed by atoms with Gasteiger partial charge in [0.15, 0.2) is 5.82 Å². The van der Waals surface area contributed by atoms with E-state index in [9.17, 15) is 5.11 Å². The molecule has 0 atom stereocenters. The maximum absolute atomic E-state index is 9.94. The average Bonchev–Trinajstić information content (AvgIpc) is 2.99. The third-order valence-electron chi connectivity index (χ3n) is 4.28. The minimum Gasteiger partial charge on any atom is -0.506 e. The second-order valence-corrected chi connectivity index (χ2v) is 6.22. The zero-order valence-electron chi connectivity index (χ0n) is 14.6. The van der Waals surface area contributed by atoms with Crippen molar-refractivity contribution >= 4 is 17.2 Å². The second kappa shape index (κ2) is 6.44. The predicted octanol–water partition coefficient (Wildman–Crippen LogP) is 5.74. The van der Waals surface area contributed by atoms with Gasteiger partial charge in [-0.1, -0.05) is 42.0 Å². The Balaban J connectivity index is 1.91. The Morgan fingerprint density at radius 1 is 0.923 bits per heavy atom. The molecule has 0 aliphatic carbocycles. The van der Waals surface area contributed by atoms with Crippen molar-refractivity contribution < 1.29 is 5.11 Å². The van der Waals surface area contributed by atoms with Crippen LogP contribution in [0.15, 0.2) is 77.1 Å². The molecule has 1 N–H and O–H groups in total. The largest absolute Gasteiger partial charge is 0.506 e. The summed E-state index contributed by atoms with van der Waals surface area (Å²) in [5.41, 5.74) is 5.34. The minimum absolute atomic E-state index is 0.0955. The quantitative estimate of drug-likeness (QED) is 0.483. The van der Waals surface area contributed by atoms with Gasteiger partial charge in [0.25, 0.3) is 0 Å². The molecule has 0 radical (unpaired) electrons. The molecule has 4 aromatic rings. The highest BCUT2D eigenvalue weighted by Crippen LogP contribution is 2.35. The number of para-hydroxylation sites is 1. The van der Waals surface area contributed by atoms with Crippen LogP contribution < -0.4 is 0 Å². The Bertz CT molecular complexity index is 1130. The molecule has 0 saturated carbocycles. The van der Waals surface area contributed by atoms with E-state index in [1.807, 2.05) is 34.9 Å². The van der Waals surface area contributed by atoms with E-state index >= 15 is 0 Å². The van der Waals surface area contributed by atoms with Gasteiger partial charge in [0.2, 0.25) is 0 Å². The summed E-state index contributed by atoms with van der Waals surface area (Å²) in [6, 6.07) is 18.9. The summed E-state index contributed by atoms with van der Waals surface area (Å²) in [4.78, 5) is 4.75. The first kappa shape index (κ1) is 16.0. The Morgan fingerprint density at radius 2 is 1.73 bits per heavy atom. The lowest BCUT2D eigenvalue weighted by atomic mass is 10.0. The maximum Gasteiger partial charge on any atom is 0.187 e. The summed E-state index contributed by atoms with van der Waals surface area (Å²) >= 11 is 0. The van der Waals surface area contributed by atoms with Crippen LogP contribution >= 0.6 is 0 Å². The minimum atomic E-state index is 0.0955. The smallest absolute Gasteiger partial charge is 0.187 e. The van der Waals surface area contributed by atoms with E-state index < -0.39 is 0 Å². The molecule has 0 fully saturated rings. The molecule has 128 valence electrons. The Hall–Kier alpha value is -3.47. The second-order valence-electron chi connectivity index (χ2n) is 6.22. The normalized spacial score (nSPS) is 11.5. The first-order valence-corrected chi connectivity index (χ1v) is 8.38. The maximum atomic E-state index is 9.94. The van der Waals surface area contributed by atoms with Crippen LogP contribution in [0.5, 0.6) is 5.75 Å². The van der Waals surface area contributed by atoms with Gasteiger partial charge in [0.1, 0.15) is 22.8 Å². The highest BCUT2D eigenvalue weighted by atomic mass is 16.3. The molecule has 0 saturated heterocycles. The average molecular weight is 342 g/mol. The van der Waals surface area contributed by atoms with Gasteiger partial charge in [-0.15, -0.1) is 10.2 Å². The number of imidazole rings is 1. The topological polar surface area (TPSA) is 62.2 Å². The van der Waals surface area contributed by atoms with Gasteiger partial charge in [-0.3, -0.25) is 4.40 Å². The van der Waals surface area contributed by atoms with E-state index in [0.29, 0.717) is 11.5 Å². The standard InChI is InChI=1S/C21H18N4O/c1-14-10-11-16(15(2)13-14)20-21(25-12-6-5-9-19(25)22-20)24-23-17-7-3-4-8-18(17)26/h3-13,26H,1-2H3. The third-order valence-corrected chi connectivity index (χ3v) is 4.28. The van der Waals surface area contributed by atoms with Crippen LogP contribution in [0.25, 0.3) is 16.9 Å². The lowest BCUT2D eigenvalue weighted by Gasteiger charge is -2.05. The van der Waals surface area contributed by atoms with Crippen molar-refractivity contribution in [1.82, 2.24) is 9.38 Å². The molecule has 0 aliphatic heterocycles. The summed E-state index contributed by atoms with van der Waals surface area (Å²) < 4.78 is 1.90. The number of rotatable bonds is 3. The SMILES string of the molecule is Cc1ccc(-c2nc3ccccn3c2N=Nc2ccccc2O)c(C)c1. The number of phenolic OH excluding ortho intramolecular Hbond substituents is 1. The first-order valence-electron chi connectivity index (χ1n) is 8.38. The number of hydrogen-bond acceptors (Lipinski definition) is 4. The summed E-state index contributed by atoms with van der Waals surface area (Å²) in [5, 5.41) is 18.6. The van der Waals surface area contributed by atoms with Crippen LogP contribution in [-0.4, -0.2) is 14.5 Å². The molecule has 0 unspecified atom stereocenters. The highest BCUT2D eigenvalue weighted by molar-refractivity contribution is 5.76. The molecule has 5 nitrogen and oxygen atoms in total. The lowest BCUT2D eigenvalue weighted by molar-refractivity contribution is 0.476. The van der Waals surface area contributed by atoms with Gasteiger partial charge >= 0.3 is 0 Å². The van der Waals surface area contributed by atoms with E-state index in [4.69, 9.17) is 4.98 Å². The zero-order valence-corrected chi connectivity index (χ0v) is 14.6. The van der Waals surface area contributed by atoms with Crippen molar-refractivity contribution in [3.05, 3.63) is 78.0 Å². The van der Waals surface area contributed by atoms with Crippen LogP contribution in [0.3, 0.4) is 0 Å². The van der Waals surface area contributed by atoms with E-state index in [0.717, 1.165) is 22.5 Å². The molecule has 2 heterocycles. The molecule has 2 aromatic carbocycles. The number of azo groups is 1. The number of aromatic nitrogens is 2. The van der Waals surface area contributed by atoms with E-state index in [-0.39, 0.29) is 5.75 Å². The number of fused-ring (bicyclic) bond motifs is 1. The fourth-order valence-electron chi connectivity index (χ4n) is 2.99. The van der Waals surface area contributed by atoms with Gasteiger partial charge in [-0.05, 0) is 43.7 Å². The fraction of sp³-hybridized carbons (Fsp3) is 0.0952. The number of nitrogens with zero attached hydrogens (tertiary/aromatic N) is 4. The molecular formula is C21H18N4O. The number of pyridine rings is 1. The Labute approximate surface area is 151 Å². The number of phenols is 1. The number of aryl methyl sites for hydroxylation is 2. The molecule has 4 rings (SSSR count). The van der Waals surface area contributed by atoms with E-state index in [2.05, 4.69) is 42.3 Å². The molecule has 26 heavy (non-hydrogen) atoms. The summed E-state index contributed by atoms with van der Waals surface area (Å²) in [5.74, 6) is 0.731. The molecule has 5 heteroatoms. The van der Waals surface area contributed by atoms with Crippen molar-refractivity contribution in [3.63, 3.8) is 0 Å². The van der Waals surface area contributed by atoms with Gasteiger partial charge in [-0.25, -0.2) is 4.98 Å². The van der Waals surface area contributed by atoms with Crippen LogP contribution in [0, 0.1) is 13.8 Å². The van der Waals surface area contributed by atoms with Gasteiger partial charge in [0.05, 0.1) is 0 Å². The van der Waals surface area contributed by atoms with Gasteiger partial charge < -0.3 is 5.11 Å². The molecule has 0 spiro atoms. The Morgan fingerprint density at radius 3 is 2.54 bits per heavy atom. The van der Waals surface area contributed by atoms with Crippen molar-refractivity contribution in [3.8, 4) is 17.0 Å². The summed E-state index contributed by atoms with van der Waals surface area (Å²) in [6.07, 6.45) is 1.91.